The molecule has 0 bridgehead atoms. The number of rotatable bonds is 0. The zero-order valence-electron chi connectivity index (χ0n) is 7.27. The third kappa shape index (κ3) is 0.680. The van der Waals surface area contributed by atoms with E-state index in [1.54, 1.807) is 0 Å². The van der Waals surface area contributed by atoms with Crippen molar-refractivity contribution in [1.82, 2.24) is 0 Å². The zero-order valence-corrected chi connectivity index (χ0v) is 7.27. The van der Waals surface area contributed by atoms with Gasteiger partial charge in [-0.3, -0.25) is 0 Å². The highest BCUT2D eigenvalue weighted by Gasteiger charge is 2.65. The zero-order chi connectivity index (χ0) is 8.34. The Bertz CT molecular complexity index is 275. The van der Waals surface area contributed by atoms with Gasteiger partial charge < -0.3 is 5.11 Å². The Kier molecular flexibility index (Phi) is 1.06. The normalized spacial score (nSPS) is 59.8. The topological polar surface area (TPSA) is 20.2 Å². The fourth-order valence-electron chi connectivity index (χ4n) is 3.33. The molecule has 0 unspecified atom stereocenters. The summed E-state index contributed by atoms with van der Waals surface area (Å²) in [6.45, 7) is 2.00. The van der Waals surface area contributed by atoms with Gasteiger partial charge >= 0.3 is 0 Å². The largest absolute Gasteiger partial charge is 0.390 e. The Labute approximate surface area is 72.8 Å². The first kappa shape index (κ1) is 6.90. The summed E-state index contributed by atoms with van der Waals surface area (Å²) in [5.74, 6) is 2.64. The maximum absolute atomic E-state index is 10.1. The van der Waals surface area contributed by atoms with Gasteiger partial charge in [0.1, 0.15) is 0 Å². The molecule has 64 valence electrons. The van der Waals surface area contributed by atoms with Gasteiger partial charge in [0, 0.05) is 0 Å². The molecule has 12 heavy (non-hydrogen) atoms. The highest BCUT2D eigenvalue weighted by atomic mass is 16.3. The lowest BCUT2D eigenvalue weighted by atomic mass is 9.92. The van der Waals surface area contributed by atoms with Crippen LogP contribution in [0.15, 0.2) is 24.3 Å². The first-order valence-electron chi connectivity index (χ1n) is 4.77. The van der Waals surface area contributed by atoms with Crippen LogP contribution in [0.3, 0.4) is 0 Å². The summed E-state index contributed by atoms with van der Waals surface area (Å²) >= 11 is 0. The SMILES string of the molecule is C[C@]1(O)C[C@@H]2C=CC=C[C@@H]3[C@@H]2[C@@H]31. The average molecular weight is 162 g/mol. The molecule has 3 rings (SSSR count). The minimum absolute atomic E-state index is 0.390. The Morgan fingerprint density at radius 3 is 2.92 bits per heavy atom. The van der Waals surface area contributed by atoms with Crippen LogP contribution in [0.4, 0.5) is 0 Å². The van der Waals surface area contributed by atoms with Gasteiger partial charge in [-0.25, -0.2) is 0 Å². The number of allylic oxidation sites excluding steroid dienone is 4. The molecule has 0 aromatic rings. The molecule has 3 aliphatic carbocycles. The molecule has 0 aromatic heterocycles. The summed E-state index contributed by atoms with van der Waals surface area (Å²) in [6.07, 6.45) is 9.77. The highest BCUT2D eigenvalue weighted by molar-refractivity contribution is 5.28. The Morgan fingerprint density at radius 2 is 2.08 bits per heavy atom. The van der Waals surface area contributed by atoms with Gasteiger partial charge in [-0.15, -0.1) is 0 Å². The lowest BCUT2D eigenvalue weighted by Crippen LogP contribution is -2.26. The van der Waals surface area contributed by atoms with E-state index in [-0.39, 0.29) is 5.60 Å². The Hall–Kier alpha value is -0.560. The second-order valence-corrected chi connectivity index (χ2v) is 4.68. The van der Waals surface area contributed by atoms with Crippen LogP contribution < -0.4 is 0 Å². The molecule has 0 heterocycles. The predicted molar refractivity (Wildman–Crippen MR) is 47.5 cm³/mol. The summed E-state index contributed by atoms with van der Waals surface area (Å²) in [4.78, 5) is 0. The van der Waals surface area contributed by atoms with Crippen LogP contribution >= 0.6 is 0 Å². The fraction of sp³-hybridized carbons (Fsp3) is 0.636. The van der Waals surface area contributed by atoms with E-state index in [2.05, 4.69) is 24.3 Å². The molecule has 0 radical (unpaired) electrons. The first-order valence-corrected chi connectivity index (χ1v) is 4.77. The van der Waals surface area contributed by atoms with Crippen LogP contribution in [0.2, 0.25) is 0 Å². The smallest absolute Gasteiger partial charge is 0.0662 e. The number of aliphatic hydroxyl groups is 1. The third-order valence-corrected chi connectivity index (χ3v) is 3.80. The van der Waals surface area contributed by atoms with Crippen molar-refractivity contribution in [3.63, 3.8) is 0 Å². The van der Waals surface area contributed by atoms with Crippen molar-refractivity contribution < 1.29 is 5.11 Å². The van der Waals surface area contributed by atoms with Crippen LogP contribution in [0.5, 0.6) is 0 Å². The summed E-state index contributed by atoms with van der Waals surface area (Å²) in [7, 11) is 0. The maximum Gasteiger partial charge on any atom is 0.0662 e. The lowest BCUT2D eigenvalue weighted by molar-refractivity contribution is 0.0362. The molecule has 0 saturated heterocycles. The fourth-order valence-corrected chi connectivity index (χ4v) is 3.33. The van der Waals surface area contributed by atoms with E-state index < -0.39 is 0 Å². The summed E-state index contributed by atoms with van der Waals surface area (Å²) in [5, 5.41) is 10.1. The van der Waals surface area contributed by atoms with E-state index in [0.29, 0.717) is 17.8 Å². The number of fused-ring (bicyclic) bond motifs is 1. The van der Waals surface area contributed by atoms with Crippen LogP contribution in [-0.2, 0) is 0 Å². The van der Waals surface area contributed by atoms with Gasteiger partial charge in [0.05, 0.1) is 5.60 Å². The van der Waals surface area contributed by atoms with Gasteiger partial charge in [-0.1, -0.05) is 24.3 Å². The van der Waals surface area contributed by atoms with E-state index in [4.69, 9.17) is 0 Å². The Balaban J connectivity index is 2.00. The molecule has 0 spiro atoms. The summed E-state index contributed by atoms with van der Waals surface area (Å²) < 4.78 is 0. The molecule has 2 saturated carbocycles. The van der Waals surface area contributed by atoms with Gasteiger partial charge in [-0.2, -0.15) is 0 Å². The molecule has 0 aromatic carbocycles. The lowest BCUT2D eigenvalue weighted by Gasteiger charge is -2.21. The van der Waals surface area contributed by atoms with E-state index in [1.165, 1.54) is 0 Å². The van der Waals surface area contributed by atoms with Crippen LogP contribution in [-0.4, -0.2) is 10.7 Å². The quantitative estimate of drug-likeness (QED) is 0.575. The van der Waals surface area contributed by atoms with Crippen molar-refractivity contribution in [3.8, 4) is 0 Å². The summed E-state index contributed by atoms with van der Waals surface area (Å²) in [5.41, 5.74) is -0.390. The average Bonchev–Trinajstić information content (AvgIpc) is 2.62. The van der Waals surface area contributed by atoms with E-state index in [9.17, 15) is 5.11 Å². The molecule has 1 N–H and O–H groups in total. The number of hydrogen-bond acceptors (Lipinski definition) is 1. The second-order valence-electron chi connectivity index (χ2n) is 4.68. The molecule has 0 aliphatic heterocycles. The van der Waals surface area contributed by atoms with Crippen molar-refractivity contribution in [2.45, 2.75) is 18.9 Å². The minimum atomic E-state index is -0.390. The van der Waals surface area contributed by atoms with Crippen molar-refractivity contribution in [2.75, 3.05) is 0 Å². The van der Waals surface area contributed by atoms with Crippen molar-refractivity contribution in [1.29, 1.82) is 0 Å². The molecule has 1 heteroatoms. The van der Waals surface area contributed by atoms with Crippen molar-refractivity contribution >= 4 is 0 Å². The predicted octanol–water partition coefficient (Wildman–Crippen LogP) is 1.75. The molecule has 1 nitrogen and oxygen atoms in total. The van der Waals surface area contributed by atoms with Crippen molar-refractivity contribution in [3.05, 3.63) is 24.3 Å². The third-order valence-electron chi connectivity index (χ3n) is 3.80. The monoisotopic (exact) mass is 162 g/mol. The van der Waals surface area contributed by atoms with E-state index in [0.717, 1.165) is 12.3 Å². The van der Waals surface area contributed by atoms with Crippen LogP contribution in [0, 0.1) is 23.7 Å². The van der Waals surface area contributed by atoms with E-state index >= 15 is 0 Å². The maximum atomic E-state index is 10.1. The minimum Gasteiger partial charge on any atom is -0.390 e. The molecule has 0 amide bonds. The molecule has 5 atom stereocenters. The molecule has 2 fully saturated rings. The van der Waals surface area contributed by atoms with E-state index in [1.807, 2.05) is 6.92 Å². The van der Waals surface area contributed by atoms with Gasteiger partial charge in [0.15, 0.2) is 0 Å². The van der Waals surface area contributed by atoms with Crippen LogP contribution in [0.25, 0.3) is 0 Å². The highest BCUT2D eigenvalue weighted by Crippen LogP contribution is 2.66. The molecular formula is C11H14O. The van der Waals surface area contributed by atoms with Crippen molar-refractivity contribution in [2.24, 2.45) is 23.7 Å². The van der Waals surface area contributed by atoms with Gasteiger partial charge in [0.2, 0.25) is 0 Å². The standard InChI is InChI=1S/C11H14O/c1-11(12)6-7-4-2-3-5-8-9(7)10(8)11/h2-5,7-10,12H,6H2,1H3/t7-,8+,9+,10+,11-/m0/s1. The summed E-state index contributed by atoms with van der Waals surface area (Å²) in [6, 6.07) is 0. The number of hydrogen-bond donors (Lipinski definition) is 1. The molecule has 3 aliphatic rings. The van der Waals surface area contributed by atoms with Gasteiger partial charge in [0.25, 0.3) is 0 Å². The second kappa shape index (κ2) is 1.85. The Morgan fingerprint density at radius 1 is 1.33 bits per heavy atom. The van der Waals surface area contributed by atoms with Gasteiger partial charge in [-0.05, 0) is 37.0 Å². The van der Waals surface area contributed by atoms with Crippen LogP contribution in [0.1, 0.15) is 13.3 Å². The first-order chi connectivity index (χ1) is 5.70. The molecular weight excluding hydrogens is 148 g/mol.